The summed E-state index contributed by atoms with van der Waals surface area (Å²) < 4.78 is 0. The minimum Gasteiger partial charge on any atom is -0.312 e. The molecule has 116 valence electrons. The first-order valence-corrected chi connectivity index (χ1v) is 7.81. The molecular formula is C16H37N3. The molecule has 0 saturated carbocycles. The maximum absolute atomic E-state index is 3.63. The number of hydrogen-bond donors (Lipinski definition) is 1. The number of hydrogen-bond acceptors (Lipinski definition) is 3. The van der Waals surface area contributed by atoms with Gasteiger partial charge in [0.15, 0.2) is 0 Å². The van der Waals surface area contributed by atoms with Crippen LogP contribution in [0.4, 0.5) is 0 Å². The van der Waals surface area contributed by atoms with Crippen LogP contribution in [-0.2, 0) is 0 Å². The molecule has 0 amide bonds. The lowest BCUT2D eigenvalue weighted by atomic mass is 9.99. The quantitative estimate of drug-likeness (QED) is 0.695. The number of rotatable bonds is 9. The van der Waals surface area contributed by atoms with E-state index in [1.807, 2.05) is 0 Å². The normalized spacial score (nSPS) is 16.1. The summed E-state index contributed by atoms with van der Waals surface area (Å²) in [5, 5.41) is 3.63. The van der Waals surface area contributed by atoms with Gasteiger partial charge in [-0.3, -0.25) is 4.90 Å². The number of nitrogens with one attached hydrogen (secondary N) is 1. The van der Waals surface area contributed by atoms with E-state index in [4.69, 9.17) is 0 Å². The third-order valence-corrected chi connectivity index (χ3v) is 3.70. The average molecular weight is 271 g/mol. The second kappa shape index (κ2) is 8.93. The van der Waals surface area contributed by atoms with Crippen LogP contribution in [0.25, 0.3) is 0 Å². The Bertz CT molecular complexity index is 221. The minimum absolute atomic E-state index is 0.215. The first kappa shape index (κ1) is 18.9. The molecule has 3 nitrogen and oxygen atoms in total. The first-order chi connectivity index (χ1) is 8.67. The highest BCUT2D eigenvalue weighted by Gasteiger charge is 2.21. The van der Waals surface area contributed by atoms with Crippen LogP contribution in [0.1, 0.15) is 48.0 Å². The van der Waals surface area contributed by atoms with Crippen LogP contribution < -0.4 is 5.32 Å². The summed E-state index contributed by atoms with van der Waals surface area (Å²) in [6.07, 6.45) is 1.23. The lowest BCUT2D eigenvalue weighted by molar-refractivity contribution is 0.143. The molecule has 0 aromatic rings. The van der Waals surface area contributed by atoms with E-state index in [0.29, 0.717) is 12.0 Å². The summed E-state index contributed by atoms with van der Waals surface area (Å²) in [5.74, 6) is 0.674. The van der Waals surface area contributed by atoms with Crippen molar-refractivity contribution in [2.75, 3.05) is 40.3 Å². The maximum atomic E-state index is 3.63. The van der Waals surface area contributed by atoms with E-state index < -0.39 is 0 Å². The van der Waals surface area contributed by atoms with Gasteiger partial charge in [-0.15, -0.1) is 0 Å². The largest absolute Gasteiger partial charge is 0.312 e. The lowest BCUT2D eigenvalue weighted by Crippen LogP contribution is -2.47. The van der Waals surface area contributed by atoms with Crippen molar-refractivity contribution in [1.82, 2.24) is 15.1 Å². The van der Waals surface area contributed by atoms with E-state index in [2.05, 4.69) is 70.8 Å². The third-order valence-electron chi connectivity index (χ3n) is 3.70. The van der Waals surface area contributed by atoms with Gasteiger partial charge >= 0.3 is 0 Å². The summed E-state index contributed by atoms with van der Waals surface area (Å²) in [4.78, 5) is 4.91. The summed E-state index contributed by atoms with van der Waals surface area (Å²) in [6.45, 7) is 18.3. The molecule has 0 aliphatic carbocycles. The zero-order valence-electron chi connectivity index (χ0n) is 14.6. The first-order valence-electron chi connectivity index (χ1n) is 7.81. The molecule has 0 rings (SSSR count). The molecule has 0 aromatic carbocycles. The molecule has 0 bridgehead atoms. The minimum atomic E-state index is 0.215. The molecule has 3 heteroatoms. The second-order valence-corrected chi connectivity index (χ2v) is 7.19. The van der Waals surface area contributed by atoms with Crippen LogP contribution in [-0.4, -0.2) is 61.7 Å². The van der Waals surface area contributed by atoms with Gasteiger partial charge in [-0.1, -0.05) is 13.8 Å². The Morgan fingerprint density at radius 3 is 2.00 bits per heavy atom. The zero-order valence-corrected chi connectivity index (χ0v) is 14.6. The van der Waals surface area contributed by atoms with Gasteiger partial charge in [0, 0.05) is 24.7 Å². The molecule has 2 atom stereocenters. The molecule has 0 aromatic heterocycles. The Balaban J connectivity index is 4.30. The summed E-state index contributed by atoms with van der Waals surface area (Å²) in [7, 11) is 4.30. The van der Waals surface area contributed by atoms with Crippen LogP contribution in [0, 0.1) is 5.92 Å². The Morgan fingerprint density at radius 1 is 1.00 bits per heavy atom. The van der Waals surface area contributed by atoms with Crippen molar-refractivity contribution >= 4 is 0 Å². The molecule has 0 saturated heterocycles. The Kier molecular flexibility index (Phi) is 8.88. The lowest BCUT2D eigenvalue weighted by Gasteiger charge is -2.35. The van der Waals surface area contributed by atoms with Gasteiger partial charge in [0.2, 0.25) is 0 Å². The van der Waals surface area contributed by atoms with Crippen molar-refractivity contribution in [3.8, 4) is 0 Å². The van der Waals surface area contributed by atoms with E-state index in [1.54, 1.807) is 0 Å². The molecule has 0 aliphatic rings. The molecule has 0 spiro atoms. The molecule has 0 radical (unpaired) electrons. The molecule has 0 fully saturated rings. The molecule has 0 heterocycles. The zero-order chi connectivity index (χ0) is 15.1. The fraction of sp³-hybridized carbons (Fsp3) is 1.00. The Hall–Kier alpha value is -0.120. The standard InChI is InChI=1S/C16H37N3/c1-9-10-19(12-11-18(7)8)15(3)14(2)13-17-16(4,5)6/h14-15,17H,9-13H2,1-8H3. The van der Waals surface area contributed by atoms with Crippen LogP contribution in [0.15, 0.2) is 0 Å². The third kappa shape index (κ3) is 9.42. The molecule has 19 heavy (non-hydrogen) atoms. The van der Waals surface area contributed by atoms with Crippen LogP contribution in [0.2, 0.25) is 0 Å². The summed E-state index contributed by atoms with van der Waals surface area (Å²) >= 11 is 0. The van der Waals surface area contributed by atoms with Crippen molar-refractivity contribution in [3.05, 3.63) is 0 Å². The van der Waals surface area contributed by atoms with Crippen LogP contribution in [0.3, 0.4) is 0 Å². The Labute approximate surface area is 121 Å². The van der Waals surface area contributed by atoms with Crippen molar-refractivity contribution < 1.29 is 0 Å². The summed E-state index contributed by atoms with van der Waals surface area (Å²) in [5.41, 5.74) is 0.215. The van der Waals surface area contributed by atoms with Crippen molar-refractivity contribution in [2.45, 2.75) is 59.5 Å². The average Bonchev–Trinajstić information content (AvgIpc) is 2.29. The number of likely N-dealkylation sites (N-methyl/N-ethyl adjacent to an activating group) is 1. The fourth-order valence-corrected chi connectivity index (χ4v) is 2.13. The molecular weight excluding hydrogens is 234 g/mol. The SMILES string of the molecule is CCCN(CCN(C)C)C(C)C(C)CNC(C)(C)C. The van der Waals surface area contributed by atoms with Gasteiger partial charge in [0.1, 0.15) is 0 Å². The van der Waals surface area contributed by atoms with Gasteiger partial charge in [-0.25, -0.2) is 0 Å². The van der Waals surface area contributed by atoms with Crippen molar-refractivity contribution in [2.24, 2.45) is 5.92 Å². The molecule has 1 N–H and O–H groups in total. The van der Waals surface area contributed by atoms with Gasteiger partial charge in [0.05, 0.1) is 0 Å². The van der Waals surface area contributed by atoms with E-state index in [9.17, 15) is 0 Å². The second-order valence-electron chi connectivity index (χ2n) is 7.19. The highest BCUT2D eigenvalue weighted by atomic mass is 15.2. The fourth-order valence-electron chi connectivity index (χ4n) is 2.13. The van der Waals surface area contributed by atoms with E-state index in [-0.39, 0.29) is 5.54 Å². The van der Waals surface area contributed by atoms with E-state index in [1.165, 1.54) is 19.5 Å². The maximum Gasteiger partial charge on any atom is 0.0112 e. The predicted molar refractivity (Wildman–Crippen MR) is 86.8 cm³/mol. The monoisotopic (exact) mass is 271 g/mol. The summed E-state index contributed by atoms with van der Waals surface area (Å²) in [6, 6.07) is 0.634. The van der Waals surface area contributed by atoms with E-state index >= 15 is 0 Å². The molecule has 0 aliphatic heterocycles. The van der Waals surface area contributed by atoms with Crippen molar-refractivity contribution in [3.63, 3.8) is 0 Å². The smallest absolute Gasteiger partial charge is 0.0112 e. The van der Waals surface area contributed by atoms with Crippen molar-refractivity contribution in [1.29, 1.82) is 0 Å². The van der Waals surface area contributed by atoms with Crippen LogP contribution >= 0.6 is 0 Å². The number of nitrogens with zero attached hydrogens (tertiary/aromatic N) is 2. The van der Waals surface area contributed by atoms with Gasteiger partial charge in [0.25, 0.3) is 0 Å². The predicted octanol–water partition coefficient (Wildman–Crippen LogP) is 2.67. The van der Waals surface area contributed by atoms with Gasteiger partial charge in [-0.2, -0.15) is 0 Å². The highest BCUT2D eigenvalue weighted by Crippen LogP contribution is 2.12. The highest BCUT2D eigenvalue weighted by molar-refractivity contribution is 4.78. The molecule has 2 unspecified atom stereocenters. The van der Waals surface area contributed by atoms with Crippen LogP contribution in [0.5, 0.6) is 0 Å². The Morgan fingerprint density at radius 2 is 1.58 bits per heavy atom. The topological polar surface area (TPSA) is 18.5 Å². The van der Waals surface area contributed by atoms with E-state index in [0.717, 1.165) is 13.1 Å². The van der Waals surface area contributed by atoms with Gasteiger partial charge < -0.3 is 10.2 Å². The van der Waals surface area contributed by atoms with Gasteiger partial charge in [-0.05, 0) is 67.2 Å².